The van der Waals surface area contributed by atoms with Crippen LogP contribution in [0.25, 0.3) is 0 Å². The molecule has 6 nitrogen and oxygen atoms in total. The second-order valence-electron chi connectivity index (χ2n) is 0.448. The van der Waals surface area contributed by atoms with E-state index >= 15 is 0 Å². The van der Waals surface area contributed by atoms with Crippen molar-refractivity contribution in [2.75, 3.05) is 0 Å². The van der Waals surface area contributed by atoms with Crippen LogP contribution in [0.3, 0.4) is 0 Å². The van der Waals surface area contributed by atoms with Crippen molar-refractivity contribution in [3.8, 4) is 0 Å². The van der Waals surface area contributed by atoms with Gasteiger partial charge < -0.3 is 0 Å². The van der Waals surface area contributed by atoms with Crippen LogP contribution in [-0.2, 0) is 27.5 Å². The maximum Gasteiger partial charge on any atom is 2.00 e. The summed E-state index contributed by atoms with van der Waals surface area (Å²) in [7, 11) is -4.67. The Morgan fingerprint density at radius 1 is 1.00 bits per heavy atom. The van der Waals surface area contributed by atoms with Crippen molar-refractivity contribution in [2.45, 2.75) is 0 Å². The Labute approximate surface area is 56.1 Å². The molecule has 0 radical (unpaired) electrons. The van der Waals surface area contributed by atoms with Gasteiger partial charge in [-0.15, -0.1) is 0 Å². The summed E-state index contributed by atoms with van der Waals surface area (Å²) in [6.45, 7) is 0. The fraction of sp³-hybridized carbons (Fsp3) is 0. The third-order valence-corrected chi connectivity index (χ3v) is 0. The van der Waals surface area contributed by atoms with E-state index in [-0.39, 0.29) is 17.1 Å². The standard InChI is InChI=1S/Fe.H2O4S.H2O2/c;1-5(2,3)4;1-2/h;(H2,1,2,3,4);1-2H/q+2;;. The molecule has 0 rings (SSSR count). The zero-order valence-electron chi connectivity index (χ0n) is 3.37. The van der Waals surface area contributed by atoms with Crippen LogP contribution in [0.5, 0.6) is 0 Å². The first kappa shape index (κ1) is 15.7. The summed E-state index contributed by atoms with van der Waals surface area (Å²) in [5, 5.41) is 12.0. The van der Waals surface area contributed by atoms with Gasteiger partial charge in [-0.2, -0.15) is 8.42 Å². The molecular formula is H4FeO6S+2. The molecule has 0 aliphatic heterocycles. The maximum atomic E-state index is 8.74. The summed E-state index contributed by atoms with van der Waals surface area (Å²) < 4.78 is 31.6. The maximum absolute atomic E-state index is 8.74. The summed E-state index contributed by atoms with van der Waals surface area (Å²) >= 11 is 0. The van der Waals surface area contributed by atoms with Crippen LogP contribution in [0.2, 0.25) is 0 Å². The normalized spacial score (nSPS) is 8.00. The molecule has 0 bridgehead atoms. The van der Waals surface area contributed by atoms with E-state index in [9.17, 15) is 0 Å². The monoisotopic (exact) mass is 188 g/mol. The van der Waals surface area contributed by atoms with Crippen LogP contribution in [-0.4, -0.2) is 28.0 Å². The van der Waals surface area contributed by atoms with Crippen molar-refractivity contribution in [3.05, 3.63) is 0 Å². The average molecular weight is 188 g/mol. The zero-order valence-corrected chi connectivity index (χ0v) is 5.29. The molecule has 0 saturated heterocycles. The Hall–Kier alpha value is 0.309. The first-order chi connectivity index (χ1) is 3.00. The zero-order chi connectivity index (χ0) is 6.50. The second-order valence-corrected chi connectivity index (χ2v) is 1.34. The van der Waals surface area contributed by atoms with E-state index in [1.807, 2.05) is 0 Å². The summed E-state index contributed by atoms with van der Waals surface area (Å²) in [4.78, 5) is 0. The fourth-order valence-electron chi connectivity index (χ4n) is 0. The van der Waals surface area contributed by atoms with Gasteiger partial charge in [-0.3, -0.25) is 19.6 Å². The molecule has 8 heteroatoms. The van der Waals surface area contributed by atoms with E-state index in [2.05, 4.69) is 0 Å². The summed E-state index contributed by atoms with van der Waals surface area (Å²) in [5.41, 5.74) is 0. The molecule has 0 saturated carbocycles. The van der Waals surface area contributed by atoms with E-state index in [0.717, 1.165) is 0 Å². The van der Waals surface area contributed by atoms with Crippen molar-refractivity contribution in [1.29, 1.82) is 0 Å². The van der Waals surface area contributed by atoms with E-state index in [1.54, 1.807) is 0 Å². The van der Waals surface area contributed by atoms with Crippen molar-refractivity contribution in [3.63, 3.8) is 0 Å². The van der Waals surface area contributed by atoms with Crippen LogP contribution >= 0.6 is 0 Å². The van der Waals surface area contributed by atoms with Crippen LogP contribution in [0.1, 0.15) is 0 Å². The minimum Gasteiger partial charge on any atom is -0.264 e. The molecule has 8 heavy (non-hydrogen) atoms. The third kappa shape index (κ3) is 1860. The molecule has 0 aliphatic carbocycles. The topological polar surface area (TPSA) is 115 Å². The molecule has 0 unspecified atom stereocenters. The number of hydrogen-bond acceptors (Lipinski definition) is 4. The van der Waals surface area contributed by atoms with Gasteiger partial charge in [0.05, 0.1) is 0 Å². The molecule has 52 valence electrons. The van der Waals surface area contributed by atoms with Crippen LogP contribution < -0.4 is 0 Å². The van der Waals surface area contributed by atoms with Crippen LogP contribution in [0.4, 0.5) is 0 Å². The molecule has 0 aliphatic rings. The molecule has 0 aromatic rings. The molecule has 0 spiro atoms. The minimum absolute atomic E-state index is 0. The van der Waals surface area contributed by atoms with E-state index < -0.39 is 10.4 Å². The van der Waals surface area contributed by atoms with E-state index in [0.29, 0.717) is 0 Å². The Kier molecular flexibility index (Phi) is 14.4. The molecule has 4 N–H and O–H groups in total. The van der Waals surface area contributed by atoms with Gasteiger partial charge in [0, 0.05) is 0 Å². The molecule has 0 amide bonds. The Bertz CT molecular complexity index is 91.7. The van der Waals surface area contributed by atoms with Crippen LogP contribution in [0.15, 0.2) is 0 Å². The van der Waals surface area contributed by atoms with E-state index in [4.69, 9.17) is 28.0 Å². The van der Waals surface area contributed by atoms with E-state index in [1.165, 1.54) is 0 Å². The van der Waals surface area contributed by atoms with Gasteiger partial charge >= 0.3 is 27.5 Å². The number of rotatable bonds is 0. The molecule has 0 aromatic heterocycles. The Balaban J connectivity index is -0.0000000750. The predicted molar refractivity (Wildman–Crippen MR) is 19.4 cm³/mol. The van der Waals surface area contributed by atoms with Gasteiger partial charge in [0.15, 0.2) is 0 Å². The first-order valence-electron chi connectivity index (χ1n) is 0.898. The second kappa shape index (κ2) is 7.31. The fourth-order valence-corrected chi connectivity index (χ4v) is 0. The van der Waals surface area contributed by atoms with Gasteiger partial charge in [-0.1, -0.05) is 0 Å². The van der Waals surface area contributed by atoms with Gasteiger partial charge in [0.2, 0.25) is 0 Å². The summed E-state index contributed by atoms with van der Waals surface area (Å²) in [6.07, 6.45) is 0. The van der Waals surface area contributed by atoms with Gasteiger partial charge in [-0.05, 0) is 0 Å². The minimum atomic E-state index is -4.67. The predicted octanol–water partition coefficient (Wildman–Crippen LogP) is -0.638. The third-order valence-electron chi connectivity index (χ3n) is 0. The Morgan fingerprint density at radius 3 is 1.00 bits per heavy atom. The quantitative estimate of drug-likeness (QED) is 0.174. The SMILES string of the molecule is O=S(=O)(O)O.OO.[Fe+2]. The average Bonchev–Trinajstić information content (AvgIpc) is 1.36. The summed E-state index contributed by atoms with van der Waals surface area (Å²) in [6, 6.07) is 0. The molecule has 0 atom stereocenters. The molecular weight excluding hydrogens is 184 g/mol. The van der Waals surface area contributed by atoms with Crippen molar-refractivity contribution in [1.82, 2.24) is 0 Å². The first-order valence-corrected chi connectivity index (χ1v) is 2.30. The Morgan fingerprint density at radius 2 is 1.00 bits per heavy atom. The summed E-state index contributed by atoms with van der Waals surface area (Å²) in [5.74, 6) is 0. The largest absolute Gasteiger partial charge is 2.00 e. The molecule has 0 aromatic carbocycles. The van der Waals surface area contributed by atoms with Gasteiger partial charge in [0.25, 0.3) is 0 Å². The van der Waals surface area contributed by atoms with Crippen LogP contribution in [0, 0.1) is 0 Å². The number of hydrogen-bond donors (Lipinski definition) is 4. The molecule has 0 fully saturated rings. The van der Waals surface area contributed by atoms with Gasteiger partial charge in [0.1, 0.15) is 0 Å². The van der Waals surface area contributed by atoms with Crippen molar-refractivity contribution < 1.29 is 45.1 Å². The van der Waals surface area contributed by atoms with Gasteiger partial charge in [-0.25, -0.2) is 0 Å². The van der Waals surface area contributed by atoms with Crippen molar-refractivity contribution in [2.24, 2.45) is 0 Å². The molecule has 0 heterocycles. The smallest absolute Gasteiger partial charge is 0.264 e. The van der Waals surface area contributed by atoms with Crippen molar-refractivity contribution >= 4 is 10.4 Å².